The van der Waals surface area contributed by atoms with Crippen LogP contribution in [0.1, 0.15) is 61.8 Å². The number of rotatable bonds is 9. The summed E-state index contributed by atoms with van der Waals surface area (Å²) in [5.74, 6) is -0.331. The lowest BCUT2D eigenvalue weighted by molar-refractivity contribution is -0.141. The highest BCUT2D eigenvalue weighted by Gasteiger charge is 2.46. The van der Waals surface area contributed by atoms with Gasteiger partial charge in [0, 0.05) is 5.57 Å². The van der Waals surface area contributed by atoms with Crippen molar-refractivity contribution in [3.05, 3.63) is 12.2 Å². The standard InChI is InChI=1S/C17H34O3Si/c1-10-16(11-19-17(18)12(2)3)20-21(13(4)5,14(6)7)15(8)9/h13-16H,2,10-11H2,1,3-9H3. The van der Waals surface area contributed by atoms with Crippen LogP contribution in [0.5, 0.6) is 0 Å². The zero-order valence-corrected chi connectivity index (χ0v) is 16.2. The molecule has 0 aromatic rings. The molecule has 1 atom stereocenters. The van der Waals surface area contributed by atoms with E-state index in [1.165, 1.54) is 0 Å². The third-order valence-electron chi connectivity index (χ3n) is 4.28. The summed E-state index contributed by atoms with van der Waals surface area (Å²) in [7, 11) is -1.92. The van der Waals surface area contributed by atoms with Gasteiger partial charge in [-0.2, -0.15) is 0 Å². The Hall–Kier alpha value is -0.613. The SMILES string of the molecule is C=C(C)C(=O)OCC(CC)O[Si](C(C)C)(C(C)C)C(C)C. The zero-order chi connectivity index (χ0) is 16.8. The third-order valence-corrected chi connectivity index (χ3v) is 10.4. The summed E-state index contributed by atoms with van der Waals surface area (Å²) in [6.45, 7) is 21.3. The highest BCUT2D eigenvalue weighted by atomic mass is 28.4. The average molecular weight is 315 g/mol. The molecule has 0 aliphatic rings. The molecule has 0 saturated heterocycles. The van der Waals surface area contributed by atoms with E-state index in [4.69, 9.17) is 9.16 Å². The first-order valence-corrected chi connectivity index (χ1v) is 10.2. The molecular weight excluding hydrogens is 280 g/mol. The molecule has 0 aliphatic heterocycles. The van der Waals surface area contributed by atoms with Crippen LogP contribution in [0.2, 0.25) is 16.6 Å². The van der Waals surface area contributed by atoms with Crippen molar-refractivity contribution >= 4 is 14.3 Å². The van der Waals surface area contributed by atoms with Gasteiger partial charge in [0.25, 0.3) is 0 Å². The normalized spacial score (nSPS) is 13.9. The lowest BCUT2D eigenvalue weighted by Crippen LogP contribution is -2.51. The van der Waals surface area contributed by atoms with Crippen LogP contribution in [0.25, 0.3) is 0 Å². The molecule has 0 fully saturated rings. The van der Waals surface area contributed by atoms with Crippen LogP contribution in [0.4, 0.5) is 0 Å². The molecule has 0 aliphatic carbocycles. The minimum atomic E-state index is -1.92. The van der Waals surface area contributed by atoms with Crippen molar-refractivity contribution in [2.24, 2.45) is 0 Å². The van der Waals surface area contributed by atoms with Crippen molar-refractivity contribution in [1.82, 2.24) is 0 Å². The fourth-order valence-electron chi connectivity index (χ4n) is 3.22. The van der Waals surface area contributed by atoms with E-state index in [0.717, 1.165) is 6.42 Å². The smallest absolute Gasteiger partial charge is 0.333 e. The third kappa shape index (κ3) is 5.26. The topological polar surface area (TPSA) is 35.5 Å². The second-order valence-corrected chi connectivity index (χ2v) is 12.3. The Morgan fingerprint density at radius 2 is 1.48 bits per heavy atom. The number of carbonyl (C=O) groups excluding carboxylic acids is 1. The Kier molecular flexibility index (Phi) is 8.48. The first-order valence-electron chi connectivity index (χ1n) is 8.09. The van der Waals surface area contributed by atoms with Gasteiger partial charge in [0.2, 0.25) is 8.32 Å². The lowest BCUT2D eigenvalue weighted by atomic mass is 10.3. The molecule has 0 spiro atoms. The van der Waals surface area contributed by atoms with Gasteiger partial charge in [-0.25, -0.2) is 4.79 Å². The number of hydrogen-bond donors (Lipinski definition) is 0. The van der Waals surface area contributed by atoms with E-state index >= 15 is 0 Å². The minimum absolute atomic E-state index is 0.0211. The van der Waals surface area contributed by atoms with E-state index in [2.05, 4.69) is 55.0 Å². The van der Waals surface area contributed by atoms with Crippen LogP contribution in [0.15, 0.2) is 12.2 Å². The van der Waals surface area contributed by atoms with Gasteiger partial charge in [0.05, 0.1) is 6.10 Å². The van der Waals surface area contributed by atoms with E-state index in [9.17, 15) is 4.79 Å². The molecule has 3 nitrogen and oxygen atoms in total. The Morgan fingerprint density at radius 1 is 1.05 bits per heavy atom. The highest BCUT2D eigenvalue weighted by molar-refractivity contribution is 6.77. The van der Waals surface area contributed by atoms with Crippen LogP contribution >= 0.6 is 0 Å². The van der Waals surface area contributed by atoms with Crippen molar-refractivity contribution in [3.63, 3.8) is 0 Å². The fourth-order valence-corrected chi connectivity index (χ4v) is 8.85. The molecule has 0 amide bonds. The molecule has 124 valence electrons. The maximum Gasteiger partial charge on any atom is 0.333 e. The molecular formula is C17H34O3Si. The van der Waals surface area contributed by atoms with E-state index in [-0.39, 0.29) is 12.1 Å². The summed E-state index contributed by atoms with van der Waals surface area (Å²) in [4.78, 5) is 11.6. The average Bonchev–Trinajstić information content (AvgIpc) is 2.37. The molecule has 0 aromatic heterocycles. The predicted octanol–water partition coefficient (Wildman–Crippen LogP) is 5.08. The van der Waals surface area contributed by atoms with Crippen LogP contribution in [-0.4, -0.2) is 27.0 Å². The first-order chi connectivity index (χ1) is 9.59. The van der Waals surface area contributed by atoms with Gasteiger partial charge in [-0.3, -0.25) is 0 Å². The summed E-state index contributed by atoms with van der Waals surface area (Å²) in [5, 5.41) is 0. The molecule has 4 heteroatoms. The zero-order valence-electron chi connectivity index (χ0n) is 15.2. The first kappa shape index (κ1) is 20.4. The Morgan fingerprint density at radius 3 is 1.76 bits per heavy atom. The molecule has 0 N–H and O–H groups in total. The number of esters is 1. The van der Waals surface area contributed by atoms with E-state index < -0.39 is 8.32 Å². The van der Waals surface area contributed by atoms with Gasteiger partial charge in [-0.1, -0.05) is 55.0 Å². The number of carbonyl (C=O) groups is 1. The maximum absolute atomic E-state index is 11.6. The summed E-state index contributed by atoms with van der Waals surface area (Å²) in [5.41, 5.74) is 2.03. The van der Waals surface area contributed by atoms with E-state index in [0.29, 0.717) is 28.8 Å². The summed E-state index contributed by atoms with van der Waals surface area (Å²) >= 11 is 0. The molecule has 21 heavy (non-hydrogen) atoms. The Bertz CT molecular complexity index is 326. The van der Waals surface area contributed by atoms with Crippen molar-refractivity contribution < 1.29 is 14.0 Å². The molecule has 0 rings (SSSR count). The van der Waals surface area contributed by atoms with Gasteiger partial charge in [-0.15, -0.1) is 0 Å². The summed E-state index contributed by atoms with van der Waals surface area (Å²) in [6, 6.07) is 0. The monoisotopic (exact) mass is 314 g/mol. The van der Waals surface area contributed by atoms with Gasteiger partial charge in [0.15, 0.2) is 0 Å². The highest BCUT2D eigenvalue weighted by Crippen LogP contribution is 2.43. The van der Waals surface area contributed by atoms with Crippen LogP contribution < -0.4 is 0 Å². The second kappa shape index (κ2) is 8.74. The summed E-state index contributed by atoms with van der Waals surface area (Å²) in [6.07, 6.45) is 0.830. The Labute approximate surface area is 132 Å². The second-order valence-electron chi connectivity index (χ2n) is 6.84. The van der Waals surface area contributed by atoms with Crippen LogP contribution in [0, 0.1) is 0 Å². The van der Waals surface area contributed by atoms with Crippen molar-refractivity contribution in [2.45, 2.75) is 84.5 Å². The molecule has 0 aromatic carbocycles. The predicted molar refractivity (Wildman–Crippen MR) is 92.0 cm³/mol. The molecule has 0 heterocycles. The molecule has 1 unspecified atom stereocenters. The van der Waals surface area contributed by atoms with Crippen molar-refractivity contribution in [2.75, 3.05) is 6.61 Å². The largest absolute Gasteiger partial charge is 0.460 e. The van der Waals surface area contributed by atoms with Crippen LogP contribution in [-0.2, 0) is 14.0 Å². The van der Waals surface area contributed by atoms with Crippen LogP contribution in [0.3, 0.4) is 0 Å². The van der Waals surface area contributed by atoms with Crippen molar-refractivity contribution in [1.29, 1.82) is 0 Å². The Balaban J connectivity index is 5.03. The quantitative estimate of drug-likeness (QED) is 0.338. The maximum atomic E-state index is 11.6. The van der Waals surface area contributed by atoms with Gasteiger partial charge in [0.1, 0.15) is 6.61 Å². The van der Waals surface area contributed by atoms with Gasteiger partial charge < -0.3 is 9.16 Å². The molecule has 0 bridgehead atoms. The lowest BCUT2D eigenvalue weighted by Gasteiger charge is -2.44. The van der Waals surface area contributed by atoms with E-state index in [1.54, 1.807) is 6.92 Å². The number of ether oxygens (including phenoxy) is 1. The van der Waals surface area contributed by atoms with Crippen molar-refractivity contribution in [3.8, 4) is 0 Å². The van der Waals surface area contributed by atoms with Gasteiger partial charge in [-0.05, 0) is 30.0 Å². The summed E-state index contributed by atoms with van der Waals surface area (Å²) < 4.78 is 11.9. The number of hydrogen-bond acceptors (Lipinski definition) is 3. The minimum Gasteiger partial charge on any atom is -0.460 e. The molecule has 0 saturated carbocycles. The molecule has 0 radical (unpaired) electrons. The van der Waals surface area contributed by atoms with E-state index in [1.807, 2.05) is 0 Å². The fraction of sp³-hybridized carbons (Fsp3) is 0.824. The van der Waals surface area contributed by atoms with Gasteiger partial charge >= 0.3 is 5.97 Å².